The summed E-state index contributed by atoms with van der Waals surface area (Å²) in [6.45, 7) is 18.3. The van der Waals surface area contributed by atoms with Gasteiger partial charge in [-0.2, -0.15) is 0 Å². The number of fused-ring (bicyclic) bond motifs is 5. The van der Waals surface area contributed by atoms with Gasteiger partial charge in [0, 0.05) is 142 Å². The van der Waals surface area contributed by atoms with Gasteiger partial charge in [-0.25, -0.2) is 39.9 Å². The number of methoxy groups -OCH3 is 8. The quantitative estimate of drug-likeness (QED) is 0.0159. The van der Waals surface area contributed by atoms with Gasteiger partial charge < -0.3 is 80.4 Å². The predicted octanol–water partition coefficient (Wildman–Crippen LogP) is 21.8. The lowest BCUT2D eigenvalue weighted by Crippen LogP contribution is -2.48. The van der Waals surface area contributed by atoms with Gasteiger partial charge in [0.25, 0.3) is 0 Å². The Hall–Kier alpha value is -12.4. The van der Waals surface area contributed by atoms with Crippen LogP contribution in [-0.4, -0.2) is 169 Å². The van der Waals surface area contributed by atoms with Gasteiger partial charge in [0.1, 0.15) is 51.8 Å². The molecule has 4 aromatic heterocycles. The SMILES string of the molecule is C=CC(=C)N[C@H]1C[C@@H]2C[C@@H]2[C@H]1Nc1ncc2cc(-c3c(Cl)c(OC)cc(OC)c3Cl)ccc2n1.C=CC(=O)N[C@@H]1CCCC[C@@H]1Nc1ncc2cc(-c3c(Cl)c(OC)cc(OC)c3Cl)ccc2n1.C=CC(=O)N[C@H]1CC(=O)C[C@H]1Nc1ncc2cc(-c3c(Cl)c(OC)cc(OC)c3Cl)ccc2n1.C=CC(=O)N[C@H]1CCCC[C@H]1Nc1ncc2cc(-c3c(Cl)c(OC)cc(OC)c3Cl)ccc2n1. The van der Waals surface area contributed by atoms with Crippen molar-refractivity contribution in [2.24, 2.45) is 11.8 Å². The van der Waals surface area contributed by atoms with Crippen molar-refractivity contribution in [1.82, 2.24) is 61.1 Å². The standard InChI is InChI=1S/C26H26Cl2N4O2.2C25H26Cl2N4O3.C24H22Cl2N4O4/c1-5-13(2)30-19-10-15-9-17(15)25(19)32-26-29-12-16-8-14(6-7-18(16)31-26)22-23(27)20(33-3)11-21(34-4)24(22)28;2*1-4-21(32)29-17-7-5-6-8-18(17)31-25-28-13-15-11-14(9-10-16(15)30-25)22-23(26)19(33-2)12-20(34-3)24(22)27;1-4-20(32)28-16-8-14(31)9-17(16)30-24-27-11-13-7-12(5-6-15(13)29-24)21-22(25)18(33-2)10-19(34-3)23(21)26/h5-8,11-12,15,17,19,25,30H,1-2,9-10H2,3-4H3,(H,29,31,32);2*4,9-13,17-18H,1,5-8H2,2-3H3,(H,29,32)(H,28,30,31);4-7,10-11,16-17H,1,8-9H2,2-3H3,(H,28,32)(H,27,29,30)/t15-,17-,19-,25+;2*17-,18+;16-,17+/m0100/s1. The van der Waals surface area contributed by atoms with E-state index in [4.69, 9.17) is 136 Å². The number of benzene rings is 8. The molecule has 0 saturated heterocycles. The van der Waals surface area contributed by atoms with Crippen molar-refractivity contribution in [3.8, 4) is 90.5 Å². The minimum Gasteiger partial charge on any atom is -0.495 e. The monoisotopic (exact) mass is 2000 g/mol. The fourth-order valence-corrected chi connectivity index (χ4v) is 20.4. The highest BCUT2D eigenvalue weighted by atomic mass is 35.5. The van der Waals surface area contributed by atoms with E-state index in [1.165, 1.54) is 38.9 Å². The van der Waals surface area contributed by atoms with Crippen LogP contribution in [0.2, 0.25) is 40.2 Å². The number of amides is 3. The number of nitrogens with one attached hydrogen (secondary N) is 8. The van der Waals surface area contributed by atoms with Crippen LogP contribution in [0.5, 0.6) is 46.0 Å². The molecule has 8 aromatic carbocycles. The molecule has 0 bridgehead atoms. The van der Waals surface area contributed by atoms with Crippen LogP contribution in [0.3, 0.4) is 0 Å². The van der Waals surface area contributed by atoms with E-state index in [1.807, 2.05) is 79.0 Å². The third-order valence-electron chi connectivity index (χ3n) is 24.5. The number of Topliss-reactive ketones (excluding diaryl/α,β-unsaturated/α-hetero) is 1. The highest BCUT2D eigenvalue weighted by Crippen LogP contribution is 2.54. The number of hydrogen-bond acceptors (Lipinski definition) is 25. The van der Waals surface area contributed by atoms with Crippen molar-refractivity contribution < 1.29 is 57.1 Å². The van der Waals surface area contributed by atoms with Crippen LogP contribution in [0.15, 0.2) is 185 Å². The Kier molecular flexibility index (Phi) is 33.0. The molecule has 708 valence electrons. The Morgan fingerprint density at radius 3 is 0.897 bits per heavy atom. The normalized spacial score (nSPS) is 18.9. The average molecular weight is 2000 g/mol. The second kappa shape index (κ2) is 45.1. The van der Waals surface area contributed by atoms with E-state index in [0.717, 1.165) is 130 Å². The fourth-order valence-electron chi connectivity index (χ4n) is 17.5. The molecule has 0 unspecified atom stereocenters. The van der Waals surface area contributed by atoms with Crippen LogP contribution in [0.4, 0.5) is 23.8 Å². The summed E-state index contributed by atoms with van der Waals surface area (Å²) in [6.07, 6.45) is 23.4. The smallest absolute Gasteiger partial charge is 0.243 e. The third kappa shape index (κ3) is 22.6. The summed E-state index contributed by atoms with van der Waals surface area (Å²) < 4.78 is 43.1. The summed E-state index contributed by atoms with van der Waals surface area (Å²) >= 11 is 52.6. The van der Waals surface area contributed by atoms with Crippen LogP contribution >= 0.6 is 92.8 Å². The molecule has 5 aliphatic carbocycles. The van der Waals surface area contributed by atoms with Crippen molar-refractivity contribution >= 4 is 184 Å². The largest absolute Gasteiger partial charge is 0.495 e. The maximum atomic E-state index is 12.0. The van der Waals surface area contributed by atoms with Crippen molar-refractivity contribution in [3.63, 3.8) is 0 Å². The summed E-state index contributed by atoms with van der Waals surface area (Å²) in [5.41, 5.74) is 9.51. The number of halogens is 8. The Bertz CT molecular complexity index is 6290. The highest BCUT2D eigenvalue weighted by Gasteiger charge is 2.54. The molecule has 0 radical (unpaired) electrons. The predicted molar refractivity (Wildman–Crippen MR) is 542 cm³/mol. The van der Waals surface area contributed by atoms with Gasteiger partial charge in [0.05, 0.1) is 137 Å². The molecular formula is C100H100Cl8N16O12. The lowest BCUT2D eigenvalue weighted by atomic mass is 9.90. The first-order valence-electron chi connectivity index (χ1n) is 43.6. The first kappa shape index (κ1) is 99.6. The molecule has 3 amide bonds. The van der Waals surface area contributed by atoms with E-state index in [0.29, 0.717) is 150 Å². The Morgan fingerprint density at radius 1 is 0.338 bits per heavy atom. The van der Waals surface area contributed by atoms with E-state index in [1.54, 1.807) is 91.6 Å². The summed E-state index contributed by atoms with van der Waals surface area (Å²) in [4.78, 5) is 84.0. The summed E-state index contributed by atoms with van der Waals surface area (Å²) in [7, 11) is 12.3. The van der Waals surface area contributed by atoms with Gasteiger partial charge in [-0.3, -0.25) is 19.2 Å². The van der Waals surface area contributed by atoms with Crippen molar-refractivity contribution in [1.29, 1.82) is 0 Å². The number of rotatable bonds is 29. The van der Waals surface area contributed by atoms with Crippen LogP contribution in [0.25, 0.3) is 88.1 Å². The fraction of sp³-hybridized carbons (Fsp3) is 0.300. The molecule has 10 atom stereocenters. The van der Waals surface area contributed by atoms with Gasteiger partial charge in [-0.15, -0.1) is 0 Å². The number of allylic oxidation sites excluding steroid dienone is 1. The highest BCUT2D eigenvalue weighted by molar-refractivity contribution is 6.43. The van der Waals surface area contributed by atoms with Crippen molar-refractivity contribution in [2.45, 2.75) is 125 Å². The molecule has 36 heteroatoms. The number of anilines is 4. The Labute approximate surface area is 826 Å². The van der Waals surface area contributed by atoms with Gasteiger partial charge in [-0.1, -0.05) is 176 Å². The van der Waals surface area contributed by atoms with Crippen LogP contribution in [0, 0.1) is 11.8 Å². The number of ether oxygens (including phenoxy) is 8. The van der Waals surface area contributed by atoms with Crippen LogP contribution < -0.4 is 80.4 Å². The number of carbonyl (C=O) groups excluding carboxylic acids is 4. The topological polar surface area (TPSA) is 341 Å². The number of ketones is 1. The van der Waals surface area contributed by atoms with Crippen molar-refractivity contribution in [2.75, 3.05) is 78.1 Å². The lowest BCUT2D eigenvalue weighted by Gasteiger charge is -2.32. The zero-order valence-corrected chi connectivity index (χ0v) is 81.7. The first-order chi connectivity index (χ1) is 65.7. The van der Waals surface area contributed by atoms with Crippen LogP contribution in [0.1, 0.15) is 77.0 Å². The second-order valence-electron chi connectivity index (χ2n) is 32.8. The third-order valence-corrected chi connectivity index (χ3v) is 27.5. The Balaban J connectivity index is 0.000000145. The average Bonchev–Trinajstić information content (AvgIpc) is 1.59. The zero-order chi connectivity index (χ0) is 96.9. The molecule has 4 heterocycles. The molecule has 0 spiro atoms. The molecule has 0 aliphatic heterocycles. The minimum absolute atomic E-state index is 0.00764. The molecule has 5 aliphatic rings. The Morgan fingerprint density at radius 2 is 0.610 bits per heavy atom. The van der Waals surface area contributed by atoms with E-state index in [9.17, 15) is 19.2 Å². The van der Waals surface area contributed by atoms with Gasteiger partial charge in [-0.05, 0) is 145 Å². The second-order valence-corrected chi connectivity index (χ2v) is 35.8. The number of carbonyl (C=O) groups is 4. The van der Waals surface area contributed by atoms with E-state index in [2.05, 4.69) is 110 Å². The molecule has 8 N–H and O–H groups in total. The minimum atomic E-state index is -0.355. The maximum absolute atomic E-state index is 12.0. The molecular weight excluding hydrogens is 1900 g/mol. The van der Waals surface area contributed by atoms with E-state index >= 15 is 0 Å². The molecule has 136 heavy (non-hydrogen) atoms. The summed E-state index contributed by atoms with van der Waals surface area (Å²) in [6, 6.07) is 29.5. The molecule has 17 rings (SSSR count). The number of aromatic nitrogens is 8. The molecule has 12 aromatic rings. The summed E-state index contributed by atoms with van der Waals surface area (Å²) in [5, 5.41) is 32.3. The number of nitrogens with zero attached hydrogens (tertiary/aromatic N) is 8. The van der Waals surface area contributed by atoms with Gasteiger partial charge in [0.15, 0.2) is 0 Å². The van der Waals surface area contributed by atoms with E-state index < -0.39 is 0 Å². The lowest BCUT2D eigenvalue weighted by molar-refractivity contribution is -0.119. The summed E-state index contributed by atoms with van der Waals surface area (Å²) in [5.74, 6) is 6.55. The molecule has 5 saturated carbocycles. The molecule has 28 nitrogen and oxygen atoms in total. The van der Waals surface area contributed by atoms with Crippen molar-refractivity contribution in [3.05, 3.63) is 225 Å². The first-order valence-corrected chi connectivity index (χ1v) is 46.6. The van der Waals surface area contributed by atoms with E-state index in [-0.39, 0.29) is 78.6 Å². The number of hydrogen-bond donors (Lipinski definition) is 8. The van der Waals surface area contributed by atoms with Gasteiger partial charge >= 0.3 is 0 Å². The zero-order valence-electron chi connectivity index (χ0n) is 75.7. The maximum Gasteiger partial charge on any atom is 0.243 e. The van der Waals surface area contributed by atoms with Gasteiger partial charge in [0.2, 0.25) is 41.5 Å². The van der Waals surface area contributed by atoms with Crippen LogP contribution in [-0.2, 0) is 19.2 Å². The molecule has 5 fully saturated rings.